The van der Waals surface area contributed by atoms with E-state index in [1.165, 1.54) is 18.4 Å². The molecule has 1 aliphatic carbocycles. The zero-order chi connectivity index (χ0) is 14.7. The average Bonchev–Trinajstić information content (AvgIpc) is 3.16. The number of nitrogens with zero attached hydrogens (tertiary/aromatic N) is 2. The molecule has 108 valence electrons. The van der Waals surface area contributed by atoms with Gasteiger partial charge >= 0.3 is 0 Å². The highest BCUT2D eigenvalue weighted by molar-refractivity contribution is 9.10. The van der Waals surface area contributed by atoms with Crippen molar-refractivity contribution in [3.05, 3.63) is 34.6 Å². The molecular weight excluding hydrogens is 316 g/mol. The number of nitrogens with one attached hydrogen (secondary N) is 2. The van der Waals surface area contributed by atoms with Gasteiger partial charge in [0.05, 0.1) is 4.47 Å². The fraction of sp³-hybridized carbons (Fsp3) is 0.467. The fourth-order valence-electron chi connectivity index (χ4n) is 1.90. The van der Waals surface area contributed by atoms with E-state index in [0.717, 1.165) is 21.9 Å². The molecule has 1 saturated carbocycles. The van der Waals surface area contributed by atoms with Gasteiger partial charge in [0.1, 0.15) is 5.82 Å². The maximum Gasteiger partial charge on any atom is 0.224 e. The van der Waals surface area contributed by atoms with Crippen molar-refractivity contribution < 1.29 is 0 Å². The second kappa shape index (κ2) is 6.39. The van der Waals surface area contributed by atoms with Gasteiger partial charge in [-0.25, -0.2) is 4.98 Å². The number of allylic oxidation sites excluding steroid dienone is 2. The first kappa shape index (κ1) is 15.0. The Labute approximate surface area is 128 Å². The molecule has 1 aromatic heterocycles. The number of rotatable bonds is 6. The maximum atomic E-state index is 4.45. The normalized spacial score (nSPS) is 15.3. The number of aromatic nitrogens is 2. The second-order valence-electron chi connectivity index (χ2n) is 5.50. The van der Waals surface area contributed by atoms with Gasteiger partial charge in [0, 0.05) is 17.9 Å². The van der Waals surface area contributed by atoms with Crippen molar-refractivity contribution in [2.75, 3.05) is 10.6 Å². The molecule has 0 bridgehead atoms. The van der Waals surface area contributed by atoms with Crippen LogP contribution in [-0.4, -0.2) is 16.0 Å². The molecule has 0 saturated heterocycles. The second-order valence-corrected chi connectivity index (χ2v) is 6.36. The van der Waals surface area contributed by atoms with Gasteiger partial charge in [0.2, 0.25) is 5.95 Å². The van der Waals surface area contributed by atoms with Gasteiger partial charge in [0.15, 0.2) is 0 Å². The summed E-state index contributed by atoms with van der Waals surface area (Å²) in [6, 6.07) is 0.296. The van der Waals surface area contributed by atoms with Crippen LogP contribution in [0.5, 0.6) is 0 Å². The van der Waals surface area contributed by atoms with Crippen molar-refractivity contribution in [2.24, 2.45) is 5.92 Å². The lowest BCUT2D eigenvalue weighted by atomic mass is 10.1. The molecule has 0 unspecified atom stereocenters. The quantitative estimate of drug-likeness (QED) is 0.758. The summed E-state index contributed by atoms with van der Waals surface area (Å²) in [7, 11) is 0. The summed E-state index contributed by atoms with van der Waals surface area (Å²) in [5.74, 6) is 2.09. The van der Waals surface area contributed by atoms with Crippen molar-refractivity contribution in [3.63, 3.8) is 0 Å². The van der Waals surface area contributed by atoms with Crippen LogP contribution in [0.4, 0.5) is 11.8 Å². The molecule has 5 heteroatoms. The number of halogens is 1. The summed E-state index contributed by atoms with van der Waals surface area (Å²) in [6.45, 7) is 10.3. The first-order chi connectivity index (χ1) is 9.45. The molecule has 0 aromatic carbocycles. The lowest BCUT2D eigenvalue weighted by molar-refractivity contribution is 0.874. The highest BCUT2D eigenvalue weighted by Crippen LogP contribution is 2.36. The fourth-order valence-corrected chi connectivity index (χ4v) is 2.19. The number of anilines is 2. The Balaban J connectivity index is 2.07. The van der Waals surface area contributed by atoms with E-state index in [2.05, 4.69) is 70.0 Å². The smallest absolute Gasteiger partial charge is 0.224 e. The molecule has 1 aliphatic rings. The van der Waals surface area contributed by atoms with Crippen molar-refractivity contribution >= 4 is 27.7 Å². The van der Waals surface area contributed by atoms with Crippen LogP contribution in [0.1, 0.15) is 33.6 Å². The van der Waals surface area contributed by atoms with Crippen molar-refractivity contribution in [1.29, 1.82) is 0 Å². The summed E-state index contributed by atoms with van der Waals surface area (Å²) in [5.41, 5.74) is 2.23. The zero-order valence-corrected chi connectivity index (χ0v) is 13.8. The lowest BCUT2D eigenvalue weighted by Gasteiger charge is -2.12. The van der Waals surface area contributed by atoms with E-state index in [1.807, 2.05) is 0 Å². The minimum absolute atomic E-state index is 0.296. The summed E-state index contributed by atoms with van der Waals surface area (Å²) in [5, 5.41) is 6.42. The van der Waals surface area contributed by atoms with Crippen LogP contribution < -0.4 is 10.6 Å². The van der Waals surface area contributed by atoms with Crippen LogP contribution >= 0.6 is 15.9 Å². The van der Waals surface area contributed by atoms with E-state index in [9.17, 15) is 0 Å². The molecule has 0 atom stereocenters. The highest BCUT2D eigenvalue weighted by atomic mass is 79.9. The minimum Gasteiger partial charge on any atom is -0.352 e. The molecular formula is C15H21BrN4. The average molecular weight is 337 g/mol. The molecule has 20 heavy (non-hydrogen) atoms. The molecule has 2 rings (SSSR count). The van der Waals surface area contributed by atoms with Gasteiger partial charge in [-0.15, -0.1) is 0 Å². The SMILES string of the molecule is C=C(/C=C(\C)C1CC1)Nc1nc(NC(C)C)ncc1Br. The molecule has 0 aliphatic heterocycles. The highest BCUT2D eigenvalue weighted by Gasteiger charge is 2.22. The Morgan fingerprint density at radius 2 is 2.20 bits per heavy atom. The maximum absolute atomic E-state index is 4.45. The lowest BCUT2D eigenvalue weighted by Crippen LogP contribution is -2.13. The predicted molar refractivity (Wildman–Crippen MR) is 87.7 cm³/mol. The zero-order valence-electron chi connectivity index (χ0n) is 12.2. The number of hydrogen-bond acceptors (Lipinski definition) is 4. The van der Waals surface area contributed by atoms with E-state index < -0.39 is 0 Å². The van der Waals surface area contributed by atoms with Crippen LogP contribution in [0.3, 0.4) is 0 Å². The van der Waals surface area contributed by atoms with Gasteiger partial charge in [-0.1, -0.05) is 12.2 Å². The monoisotopic (exact) mass is 336 g/mol. The summed E-state index contributed by atoms with van der Waals surface area (Å²) >= 11 is 3.46. The molecule has 2 N–H and O–H groups in total. The molecule has 1 fully saturated rings. The van der Waals surface area contributed by atoms with Crippen LogP contribution in [0.15, 0.2) is 34.6 Å². The minimum atomic E-state index is 0.296. The Hall–Kier alpha value is -1.36. The van der Waals surface area contributed by atoms with E-state index in [0.29, 0.717) is 12.0 Å². The molecule has 1 aromatic rings. The largest absolute Gasteiger partial charge is 0.352 e. The van der Waals surface area contributed by atoms with Crippen molar-refractivity contribution in [3.8, 4) is 0 Å². The van der Waals surface area contributed by atoms with Gasteiger partial charge in [-0.05, 0) is 61.5 Å². The Kier molecular flexibility index (Phi) is 4.81. The Morgan fingerprint density at radius 1 is 1.50 bits per heavy atom. The van der Waals surface area contributed by atoms with Gasteiger partial charge in [-0.2, -0.15) is 4.98 Å². The molecule has 0 spiro atoms. The van der Waals surface area contributed by atoms with Crippen molar-refractivity contribution in [1.82, 2.24) is 9.97 Å². The summed E-state index contributed by atoms with van der Waals surface area (Å²) in [4.78, 5) is 8.68. The van der Waals surface area contributed by atoms with Gasteiger partial charge in [-0.3, -0.25) is 0 Å². The summed E-state index contributed by atoms with van der Waals surface area (Å²) < 4.78 is 0.824. The van der Waals surface area contributed by atoms with Gasteiger partial charge < -0.3 is 10.6 Å². The standard InChI is InChI=1S/C15H21BrN4/c1-9(2)18-15-17-8-13(16)14(20-15)19-11(4)7-10(3)12-5-6-12/h7-9,12H,4-6H2,1-3H3,(H2,17,18,19,20)/b10-7+. The molecule has 0 amide bonds. The molecule has 0 radical (unpaired) electrons. The third-order valence-corrected chi connectivity index (χ3v) is 3.64. The first-order valence-electron chi connectivity index (χ1n) is 6.89. The molecule has 4 nitrogen and oxygen atoms in total. The van der Waals surface area contributed by atoms with E-state index in [1.54, 1.807) is 6.20 Å². The van der Waals surface area contributed by atoms with Crippen LogP contribution in [0.25, 0.3) is 0 Å². The number of hydrogen-bond donors (Lipinski definition) is 2. The Morgan fingerprint density at radius 3 is 2.80 bits per heavy atom. The van der Waals surface area contributed by atoms with Gasteiger partial charge in [0.25, 0.3) is 0 Å². The first-order valence-corrected chi connectivity index (χ1v) is 7.68. The Bertz CT molecular complexity index is 533. The third-order valence-electron chi connectivity index (χ3n) is 3.06. The van der Waals surface area contributed by atoms with E-state index in [-0.39, 0.29) is 0 Å². The van der Waals surface area contributed by atoms with E-state index in [4.69, 9.17) is 0 Å². The van der Waals surface area contributed by atoms with Crippen LogP contribution in [-0.2, 0) is 0 Å². The van der Waals surface area contributed by atoms with Crippen LogP contribution in [0, 0.1) is 5.92 Å². The topological polar surface area (TPSA) is 49.8 Å². The van der Waals surface area contributed by atoms with Crippen molar-refractivity contribution in [2.45, 2.75) is 39.7 Å². The van der Waals surface area contributed by atoms with Crippen LogP contribution in [0.2, 0.25) is 0 Å². The van der Waals surface area contributed by atoms with E-state index >= 15 is 0 Å². The molecule has 1 heterocycles. The third kappa shape index (κ3) is 4.34. The summed E-state index contributed by atoms with van der Waals surface area (Å²) in [6.07, 6.45) is 6.44. The predicted octanol–water partition coefficient (Wildman–Crippen LogP) is 4.34.